The van der Waals surface area contributed by atoms with Crippen molar-refractivity contribution in [2.75, 3.05) is 0 Å². The summed E-state index contributed by atoms with van der Waals surface area (Å²) in [6.07, 6.45) is 0.229. The summed E-state index contributed by atoms with van der Waals surface area (Å²) in [5.41, 5.74) is 1.07. The van der Waals surface area contributed by atoms with Crippen LogP contribution in [0.1, 0.15) is 12.0 Å². The van der Waals surface area contributed by atoms with Crippen molar-refractivity contribution in [1.29, 1.82) is 0 Å². The normalized spacial score (nSPS) is 19.9. The molecule has 0 bridgehead atoms. The first-order chi connectivity index (χ1) is 7.65. The number of halogens is 1. The van der Waals surface area contributed by atoms with Crippen molar-refractivity contribution in [3.05, 3.63) is 34.3 Å². The van der Waals surface area contributed by atoms with E-state index in [9.17, 15) is 9.59 Å². The largest absolute Gasteiger partial charge is 0.301 e. The zero-order chi connectivity index (χ0) is 11.5. The maximum Gasteiger partial charge on any atom is 0.244 e. The molecular weight excluding hydrogens is 272 g/mol. The predicted octanol–water partition coefficient (Wildman–Crippen LogP) is 0.954. The van der Waals surface area contributed by atoms with Crippen LogP contribution in [0, 0.1) is 0 Å². The van der Waals surface area contributed by atoms with Gasteiger partial charge in [0.05, 0.1) is 12.5 Å². The average Bonchev–Trinajstić information content (AvgIpc) is 2.54. The molecule has 0 saturated carbocycles. The van der Waals surface area contributed by atoms with Crippen LogP contribution in [0.25, 0.3) is 0 Å². The molecule has 1 atom stereocenters. The molecule has 4 nitrogen and oxygen atoms in total. The van der Waals surface area contributed by atoms with Crippen LogP contribution in [-0.4, -0.2) is 17.9 Å². The minimum Gasteiger partial charge on any atom is -0.301 e. The number of carbonyl (C=O) groups excluding carboxylic acids is 2. The average molecular weight is 283 g/mol. The molecule has 1 aromatic rings. The van der Waals surface area contributed by atoms with Gasteiger partial charge >= 0.3 is 0 Å². The van der Waals surface area contributed by atoms with Gasteiger partial charge in [0.1, 0.15) is 0 Å². The number of benzene rings is 1. The monoisotopic (exact) mass is 282 g/mol. The molecule has 1 aliphatic rings. The van der Waals surface area contributed by atoms with Gasteiger partial charge in [0.2, 0.25) is 11.8 Å². The Bertz CT molecular complexity index is 434. The van der Waals surface area contributed by atoms with Crippen molar-refractivity contribution in [2.45, 2.75) is 19.0 Å². The summed E-state index contributed by atoms with van der Waals surface area (Å²) in [5.74, 6) is -0.447. The Balaban J connectivity index is 1.93. The number of rotatable bonds is 3. The maximum absolute atomic E-state index is 11.3. The summed E-state index contributed by atoms with van der Waals surface area (Å²) in [6, 6.07) is 7.41. The van der Waals surface area contributed by atoms with E-state index in [1.165, 1.54) is 0 Å². The minimum absolute atomic E-state index is 0.211. The van der Waals surface area contributed by atoms with Gasteiger partial charge < -0.3 is 5.32 Å². The van der Waals surface area contributed by atoms with Crippen LogP contribution in [-0.2, 0) is 16.1 Å². The van der Waals surface area contributed by atoms with Crippen molar-refractivity contribution in [3.8, 4) is 0 Å². The van der Waals surface area contributed by atoms with Gasteiger partial charge in [0.25, 0.3) is 0 Å². The fraction of sp³-hybridized carbons (Fsp3) is 0.273. The molecule has 2 N–H and O–H groups in total. The summed E-state index contributed by atoms with van der Waals surface area (Å²) in [7, 11) is 0. The van der Waals surface area contributed by atoms with E-state index < -0.39 is 6.04 Å². The van der Waals surface area contributed by atoms with Crippen molar-refractivity contribution in [3.63, 3.8) is 0 Å². The summed E-state index contributed by atoms with van der Waals surface area (Å²) >= 11 is 3.38. The molecule has 1 heterocycles. The van der Waals surface area contributed by atoms with Gasteiger partial charge in [-0.1, -0.05) is 28.1 Å². The molecule has 0 radical (unpaired) electrons. The molecule has 84 valence electrons. The molecule has 1 aliphatic heterocycles. The van der Waals surface area contributed by atoms with Gasteiger partial charge in [-0.15, -0.1) is 0 Å². The number of imide groups is 1. The smallest absolute Gasteiger partial charge is 0.244 e. The molecule has 0 aliphatic carbocycles. The number of hydrogen-bond acceptors (Lipinski definition) is 3. The van der Waals surface area contributed by atoms with Gasteiger partial charge in [-0.25, -0.2) is 0 Å². The van der Waals surface area contributed by atoms with Crippen molar-refractivity contribution >= 4 is 27.7 Å². The van der Waals surface area contributed by atoms with E-state index in [2.05, 4.69) is 26.6 Å². The molecule has 16 heavy (non-hydrogen) atoms. The minimum atomic E-state index is -0.397. The van der Waals surface area contributed by atoms with Crippen LogP contribution < -0.4 is 10.6 Å². The number of carbonyl (C=O) groups is 2. The predicted molar refractivity (Wildman–Crippen MR) is 62.5 cm³/mol. The number of amides is 2. The van der Waals surface area contributed by atoms with Gasteiger partial charge in [-0.05, 0) is 17.7 Å². The van der Waals surface area contributed by atoms with Gasteiger partial charge in [0, 0.05) is 11.0 Å². The third-order valence-electron chi connectivity index (χ3n) is 2.41. The fourth-order valence-corrected chi connectivity index (χ4v) is 2.05. The first-order valence-corrected chi connectivity index (χ1v) is 5.76. The highest BCUT2D eigenvalue weighted by atomic mass is 79.9. The van der Waals surface area contributed by atoms with Crippen LogP contribution >= 0.6 is 15.9 Å². The molecule has 0 aromatic heterocycles. The van der Waals surface area contributed by atoms with E-state index in [-0.39, 0.29) is 18.2 Å². The lowest BCUT2D eigenvalue weighted by atomic mass is 10.2. The highest BCUT2D eigenvalue weighted by Crippen LogP contribution is 2.12. The second-order valence-corrected chi connectivity index (χ2v) is 4.60. The first kappa shape index (κ1) is 11.3. The fourth-order valence-electron chi connectivity index (χ4n) is 1.61. The van der Waals surface area contributed by atoms with Crippen LogP contribution in [0.5, 0.6) is 0 Å². The van der Waals surface area contributed by atoms with E-state index >= 15 is 0 Å². The quantitative estimate of drug-likeness (QED) is 0.812. The maximum atomic E-state index is 11.3. The van der Waals surface area contributed by atoms with Crippen LogP contribution in [0.15, 0.2) is 28.7 Å². The zero-order valence-corrected chi connectivity index (χ0v) is 10.1. The van der Waals surface area contributed by atoms with Crippen molar-refractivity contribution in [1.82, 2.24) is 10.6 Å². The summed E-state index contributed by atoms with van der Waals surface area (Å²) in [6.45, 7) is 0.574. The zero-order valence-electron chi connectivity index (χ0n) is 8.50. The second-order valence-electron chi connectivity index (χ2n) is 3.68. The van der Waals surface area contributed by atoms with Crippen molar-refractivity contribution in [2.24, 2.45) is 0 Å². The van der Waals surface area contributed by atoms with Crippen molar-refractivity contribution < 1.29 is 9.59 Å². The lowest BCUT2D eigenvalue weighted by Crippen LogP contribution is -2.35. The Hall–Kier alpha value is -1.20. The highest BCUT2D eigenvalue weighted by molar-refractivity contribution is 9.10. The van der Waals surface area contributed by atoms with Crippen LogP contribution in [0.2, 0.25) is 0 Å². The summed E-state index contributed by atoms with van der Waals surface area (Å²) in [4.78, 5) is 22.2. The molecule has 1 aromatic carbocycles. The third-order valence-corrected chi connectivity index (χ3v) is 2.90. The molecule has 5 heteroatoms. The SMILES string of the molecule is O=C1CC(NCc2cccc(Br)c2)C(=O)N1. The highest BCUT2D eigenvalue weighted by Gasteiger charge is 2.29. The molecule has 1 fully saturated rings. The number of hydrogen-bond donors (Lipinski definition) is 2. The third kappa shape index (κ3) is 2.68. The summed E-state index contributed by atoms with van der Waals surface area (Å²) < 4.78 is 0.999. The van der Waals surface area contributed by atoms with Crippen LogP contribution in [0.4, 0.5) is 0 Å². The lowest BCUT2D eigenvalue weighted by Gasteiger charge is -2.08. The Morgan fingerprint density at radius 1 is 1.44 bits per heavy atom. The van der Waals surface area contributed by atoms with Gasteiger partial charge in [-0.2, -0.15) is 0 Å². The van der Waals surface area contributed by atoms with E-state index in [0.29, 0.717) is 6.54 Å². The molecule has 2 amide bonds. The lowest BCUT2D eigenvalue weighted by molar-refractivity contribution is -0.125. The van der Waals surface area contributed by atoms with Gasteiger partial charge in [0.15, 0.2) is 0 Å². The Morgan fingerprint density at radius 2 is 2.25 bits per heavy atom. The summed E-state index contributed by atoms with van der Waals surface area (Å²) in [5, 5.41) is 5.32. The molecule has 1 unspecified atom stereocenters. The Kier molecular flexibility index (Phi) is 3.36. The molecular formula is C11H11BrN2O2. The van der Waals surface area contributed by atoms with Crippen LogP contribution in [0.3, 0.4) is 0 Å². The molecule has 2 rings (SSSR count). The second kappa shape index (κ2) is 4.76. The van der Waals surface area contributed by atoms with E-state index in [1.54, 1.807) is 0 Å². The first-order valence-electron chi connectivity index (χ1n) is 4.96. The van der Waals surface area contributed by atoms with Gasteiger partial charge in [-0.3, -0.25) is 14.9 Å². The standard InChI is InChI=1S/C11H11BrN2O2/c12-8-3-1-2-7(4-8)6-13-9-5-10(15)14-11(9)16/h1-4,9,13H,5-6H2,(H,14,15,16). The number of nitrogens with one attached hydrogen (secondary N) is 2. The Morgan fingerprint density at radius 3 is 2.88 bits per heavy atom. The van der Waals surface area contributed by atoms with E-state index in [1.807, 2.05) is 24.3 Å². The Labute approximate surface area is 102 Å². The van der Waals surface area contributed by atoms with E-state index in [0.717, 1.165) is 10.0 Å². The molecule has 1 saturated heterocycles. The molecule has 0 spiro atoms. The topological polar surface area (TPSA) is 58.2 Å². The van der Waals surface area contributed by atoms with E-state index in [4.69, 9.17) is 0 Å².